The maximum Gasteiger partial charge on any atom is 0.144 e. The molecule has 0 bridgehead atoms. The summed E-state index contributed by atoms with van der Waals surface area (Å²) in [6.45, 7) is 0. The number of para-hydroxylation sites is 1. The summed E-state index contributed by atoms with van der Waals surface area (Å²) in [4.78, 5) is 14.3. The molecule has 0 amide bonds. The molecule has 0 saturated carbocycles. The average molecular weight is 588 g/mol. The highest BCUT2D eigenvalue weighted by atomic mass is 15.0. The average Bonchev–Trinajstić information content (AvgIpc) is 3.71. The van der Waals surface area contributed by atoms with Crippen molar-refractivity contribution in [2.24, 2.45) is 0 Å². The predicted octanol–water partition coefficient (Wildman–Crippen LogP) is 10.0. The number of hydrogen-bond acceptors (Lipinski definition) is 3. The van der Waals surface area contributed by atoms with Crippen LogP contribution in [0.3, 0.4) is 0 Å². The number of nitrogens with zero attached hydrogens (tertiary/aromatic N) is 5. The van der Waals surface area contributed by atoms with Gasteiger partial charge in [0.15, 0.2) is 0 Å². The fourth-order valence-electron chi connectivity index (χ4n) is 7.27. The van der Waals surface area contributed by atoms with Crippen molar-refractivity contribution in [3.05, 3.63) is 152 Å². The van der Waals surface area contributed by atoms with Gasteiger partial charge in [-0.25, -0.2) is 4.98 Å². The molecule has 0 aliphatic rings. The third-order valence-corrected chi connectivity index (χ3v) is 9.25. The van der Waals surface area contributed by atoms with E-state index in [4.69, 9.17) is 9.97 Å². The molecule has 0 aliphatic carbocycles. The van der Waals surface area contributed by atoms with Crippen molar-refractivity contribution < 1.29 is 0 Å². The van der Waals surface area contributed by atoms with Crippen LogP contribution in [0.2, 0.25) is 0 Å². The minimum atomic E-state index is 0.924. The molecule has 0 fully saturated rings. The van der Waals surface area contributed by atoms with Crippen LogP contribution >= 0.6 is 0 Å². The Morgan fingerprint density at radius 3 is 2.00 bits per heavy atom. The predicted molar refractivity (Wildman–Crippen MR) is 189 cm³/mol. The Morgan fingerprint density at radius 2 is 1.15 bits per heavy atom. The molecule has 10 aromatic rings. The molecule has 0 spiro atoms. The minimum absolute atomic E-state index is 0.924. The second kappa shape index (κ2) is 9.58. The first kappa shape index (κ1) is 25.0. The molecule has 4 aromatic heterocycles. The van der Waals surface area contributed by atoms with Crippen molar-refractivity contribution in [3.63, 3.8) is 0 Å². The Kier molecular flexibility index (Phi) is 5.22. The summed E-state index contributed by atoms with van der Waals surface area (Å²) in [6, 6.07) is 45.5. The first-order valence-electron chi connectivity index (χ1n) is 15.4. The van der Waals surface area contributed by atoms with Gasteiger partial charge >= 0.3 is 0 Å². The smallest absolute Gasteiger partial charge is 0.144 e. The maximum atomic E-state index is 4.85. The van der Waals surface area contributed by atoms with Crippen LogP contribution in [-0.2, 0) is 0 Å². The number of hydrogen-bond donors (Lipinski definition) is 0. The van der Waals surface area contributed by atoms with Crippen LogP contribution in [0.5, 0.6) is 0 Å². The van der Waals surface area contributed by atoms with Gasteiger partial charge < -0.3 is 9.13 Å². The molecule has 214 valence electrons. The fraction of sp³-hybridized carbons (Fsp3) is 0. The lowest BCUT2D eigenvalue weighted by Crippen LogP contribution is -1.97. The van der Waals surface area contributed by atoms with Gasteiger partial charge in [0.25, 0.3) is 0 Å². The normalized spacial score (nSPS) is 11.9. The van der Waals surface area contributed by atoms with E-state index in [0.717, 1.165) is 55.3 Å². The fourth-order valence-corrected chi connectivity index (χ4v) is 7.27. The molecule has 5 heteroatoms. The lowest BCUT2D eigenvalue weighted by Gasteiger charge is -2.14. The Morgan fingerprint density at radius 1 is 0.457 bits per heavy atom. The molecule has 4 heterocycles. The molecule has 0 unspecified atom stereocenters. The van der Waals surface area contributed by atoms with Crippen LogP contribution in [0.15, 0.2) is 152 Å². The Balaban J connectivity index is 1.26. The molecular formula is C41H25N5. The van der Waals surface area contributed by atoms with Gasteiger partial charge in [-0.15, -0.1) is 0 Å². The van der Waals surface area contributed by atoms with E-state index in [2.05, 4.69) is 142 Å². The van der Waals surface area contributed by atoms with E-state index in [1.807, 2.05) is 12.3 Å². The van der Waals surface area contributed by atoms with Crippen molar-refractivity contribution >= 4 is 65.4 Å². The number of pyridine rings is 1. The molecule has 0 radical (unpaired) electrons. The van der Waals surface area contributed by atoms with E-state index in [1.165, 1.54) is 32.6 Å². The third-order valence-electron chi connectivity index (χ3n) is 9.25. The maximum absolute atomic E-state index is 4.85. The van der Waals surface area contributed by atoms with E-state index < -0.39 is 0 Å². The van der Waals surface area contributed by atoms with Crippen LogP contribution in [0.25, 0.3) is 87.9 Å². The summed E-state index contributed by atoms with van der Waals surface area (Å²) in [6.07, 6.45) is 7.52. The van der Waals surface area contributed by atoms with Gasteiger partial charge in [0.05, 0.1) is 22.1 Å². The lowest BCUT2D eigenvalue weighted by molar-refractivity contribution is 1.09. The van der Waals surface area contributed by atoms with Gasteiger partial charge in [-0.3, -0.25) is 9.97 Å². The van der Waals surface area contributed by atoms with Gasteiger partial charge in [0.2, 0.25) is 0 Å². The van der Waals surface area contributed by atoms with Crippen LogP contribution in [0, 0.1) is 0 Å². The molecular weight excluding hydrogens is 562 g/mol. The number of fused-ring (bicyclic) bond motifs is 11. The van der Waals surface area contributed by atoms with Gasteiger partial charge in [0, 0.05) is 68.5 Å². The molecule has 6 aromatic carbocycles. The highest BCUT2D eigenvalue weighted by Crippen LogP contribution is 2.42. The highest BCUT2D eigenvalue weighted by Gasteiger charge is 2.19. The van der Waals surface area contributed by atoms with Crippen molar-refractivity contribution in [2.75, 3.05) is 0 Å². The van der Waals surface area contributed by atoms with Crippen molar-refractivity contribution in [3.8, 4) is 22.5 Å². The van der Waals surface area contributed by atoms with Crippen molar-refractivity contribution in [1.82, 2.24) is 24.1 Å². The van der Waals surface area contributed by atoms with Crippen LogP contribution < -0.4 is 0 Å². The van der Waals surface area contributed by atoms with E-state index in [9.17, 15) is 0 Å². The number of rotatable bonds is 3. The topological polar surface area (TPSA) is 48.5 Å². The SMILES string of the molecule is c1cc(-c2cccc(-n3c4ccccc4c4ccc5c6nccnc6c6ccccc6c5c43)c2)cc(-n2ccc3cccnc32)c1. The van der Waals surface area contributed by atoms with Gasteiger partial charge in [-0.2, -0.15) is 0 Å². The zero-order valence-electron chi connectivity index (χ0n) is 24.7. The highest BCUT2D eigenvalue weighted by molar-refractivity contribution is 6.32. The van der Waals surface area contributed by atoms with Crippen LogP contribution in [0.1, 0.15) is 0 Å². The van der Waals surface area contributed by atoms with E-state index in [0.29, 0.717) is 0 Å². The van der Waals surface area contributed by atoms with Gasteiger partial charge in [-0.1, -0.05) is 78.9 Å². The standard InChI is InChI=1S/C41H25N5/c1-2-15-33-32(14-1)37-35(39-38(33)42-21-22-43-39)18-17-34-31-13-3-4-16-36(31)46(40(34)37)30-12-6-9-28(25-30)27-8-5-11-29(24-27)45-23-19-26-10-7-20-44-41(26)45/h1-25H. The summed E-state index contributed by atoms with van der Waals surface area (Å²) in [7, 11) is 0. The molecule has 0 N–H and O–H groups in total. The lowest BCUT2D eigenvalue weighted by atomic mass is 9.97. The summed E-state index contributed by atoms with van der Waals surface area (Å²) in [5, 5.41) is 8.15. The van der Waals surface area contributed by atoms with E-state index in [-0.39, 0.29) is 0 Å². The molecule has 5 nitrogen and oxygen atoms in total. The van der Waals surface area contributed by atoms with E-state index >= 15 is 0 Å². The Hall–Kier alpha value is -6.33. The number of benzene rings is 6. The van der Waals surface area contributed by atoms with Crippen molar-refractivity contribution in [2.45, 2.75) is 0 Å². The summed E-state index contributed by atoms with van der Waals surface area (Å²) in [5.74, 6) is 0. The Labute approximate surface area is 263 Å². The minimum Gasteiger partial charge on any atom is -0.309 e. The van der Waals surface area contributed by atoms with Crippen LogP contribution in [0.4, 0.5) is 0 Å². The zero-order chi connectivity index (χ0) is 30.2. The second-order valence-corrected chi connectivity index (χ2v) is 11.7. The van der Waals surface area contributed by atoms with Gasteiger partial charge in [-0.05, 0) is 65.0 Å². The molecule has 0 saturated heterocycles. The molecule has 10 rings (SSSR count). The first-order valence-corrected chi connectivity index (χ1v) is 15.4. The van der Waals surface area contributed by atoms with Crippen molar-refractivity contribution in [1.29, 1.82) is 0 Å². The molecule has 46 heavy (non-hydrogen) atoms. The largest absolute Gasteiger partial charge is 0.309 e. The third kappa shape index (κ3) is 3.54. The quantitative estimate of drug-likeness (QED) is 0.193. The zero-order valence-corrected chi connectivity index (χ0v) is 24.7. The van der Waals surface area contributed by atoms with Crippen LogP contribution in [-0.4, -0.2) is 24.1 Å². The first-order chi connectivity index (χ1) is 22.8. The summed E-state index contributed by atoms with van der Waals surface area (Å²) < 4.78 is 4.58. The monoisotopic (exact) mass is 587 g/mol. The summed E-state index contributed by atoms with van der Waals surface area (Å²) in [5.41, 5.74) is 9.65. The van der Waals surface area contributed by atoms with Gasteiger partial charge in [0.1, 0.15) is 5.65 Å². The molecule has 0 aliphatic heterocycles. The Bertz CT molecular complexity index is 2790. The number of aromatic nitrogens is 5. The second-order valence-electron chi connectivity index (χ2n) is 11.7. The van der Waals surface area contributed by atoms with E-state index in [1.54, 1.807) is 12.4 Å². The molecule has 0 atom stereocenters. The summed E-state index contributed by atoms with van der Waals surface area (Å²) >= 11 is 0.